The summed E-state index contributed by atoms with van der Waals surface area (Å²) in [5.41, 5.74) is 3.62. The van der Waals surface area contributed by atoms with E-state index in [2.05, 4.69) is 55.6 Å². The number of nitrogens with zero attached hydrogens (tertiary/aromatic N) is 2. The van der Waals surface area contributed by atoms with E-state index in [1.165, 1.54) is 49.1 Å². The maximum Gasteiger partial charge on any atom is 0.219 e. The number of hydrogen-bond acceptors (Lipinski definition) is 4. The second kappa shape index (κ2) is 8.71. The quantitative estimate of drug-likeness (QED) is 0.458. The van der Waals surface area contributed by atoms with Crippen LogP contribution in [0, 0.1) is 40.4 Å². The van der Waals surface area contributed by atoms with Crippen molar-refractivity contribution in [3.8, 4) is 0 Å². The van der Waals surface area contributed by atoms with Crippen molar-refractivity contribution >= 4 is 17.4 Å². The molecule has 0 unspecified atom stereocenters. The standard InChI is InChI=1S/C29H45N3OS/c1-7-30-25(33)10-8-9-18(2)20-12-13-21-19-11-14-24-27(3,4)26-23(34-32-31-26)17-29(24,6)22(19)15-16-28(20,21)5/h14,18-22H,7-13,15-17H2,1-6H3,(H,30,33)/t18-,19+,20-,21+,22+,28-,29-/m1/s1. The van der Waals surface area contributed by atoms with Gasteiger partial charge in [0, 0.05) is 18.4 Å². The third-order valence-electron chi connectivity index (χ3n) is 11.0. The fourth-order valence-electron chi connectivity index (χ4n) is 9.60. The van der Waals surface area contributed by atoms with Gasteiger partial charge in [-0.2, -0.15) is 0 Å². The summed E-state index contributed by atoms with van der Waals surface area (Å²) in [5, 5.41) is 7.54. The van der Waals surface area contributed by atoms with Crippen LogP contribution in [-0.4, -0.2) is 22.0 Å². The van der Waals surface area contributed by atoms with Crippen molar-refractivity contribution in [2.24, 2.45) is 40.4 Å². The Labute approximate surface area is 210 Å². The average molecular weight is 484 g/mol. The summed E-state index contributed by atoms with van der Waals surface area (Å²) in [7, 11) is 0. The molecule has 1 amide bonds. The number of fused-ring (bicyclic) bond motifs is 6. The van der Waals surface area contributed by atoms with Crippen molar-refractivity contribution < 1.29 is 4.79 Å². The van der Waals surface area contributed by atoms with Gasteiger partial charge in [0.2, 0.25) is 5.91 Å². The molecule has 4 nitrogen and oxygen atoms in total. The van der Waals surface area contributed by atoms with Crippen LogP contribution in [0.25, 0.3) is 0 Å². The molecule has 0 radical (unpaired) electrons. The molecule has 0 aliphatic heterocycles. The molecule has 0 saturated heterocycles. The number of carbonyl (C=O) groups excluding carboxylic acids is 1. The van der Waals surface area contributed by atoms with Crippen LogP contribution in [0.15, 0.2) is 11.6 Å². The second-order valence-electron chi connectivity index (χ2n) is 13.0. The maximum absolute atomic E-state index is 11.9. The monoisotopic (exact) mass is 483 g/mol. The van der Waals surface area contributed by atoms with E-state index in [-0.39, 0.29) is 16.7 Å². The van der Waals surface area contributed by atoms with Crippen LogP contribution in [0.4, 0.5) is 0 Å². The summed E-state index contributed by atoms with van der Waals surface area (Å²) in [6.45, 7) is 15.2. The Kier molecular flexibility index (Phi) is 6.27. The first kappa shape index (κ1) is 24.5. The number of nitrogens with one attached hydrogen (secondary N) is 1. The Morgan fingerprint density at radius 1 is 1.21 bits per heavy atom. The molecule has 4 aliphatic carbocycles. The first-order chi connectivity index (χ1) is 16.1. The Balaban J connectivity index is 1.34. The van der Waals surface area contributed by atoms with Gasteiger partial charge in [-0.1, -0.05) is 50.8 Å². The Morgan fingerprint density at radius 3 is 2.76 bits per heavy atom. The van der Waals surface area contributed by atoms with Crippen LogP contribution in [-0.2, 0) is 16.6 Å². The molecule has 0 bridgehead atoms. The number of carbonyl (C=O) groups is 1. The van der Waals surface area contributed by atoms with Crippen molar-refractivity contribution in [3.63, 3.8) is 0 Å². The van der Waals surface area contributed by atoms with Crippen LogP contribution < -0.4 is 5.32 Å². The lowest BCUT2D eigenvalue weighted by molar-refractivity contribution is -0.121. The van der Waals surface area contributed by atoms with Gasteiger partial charge in [-0.3, -0.25) is 4.79 Å². The fraction of sp³-hybridized carbons (Fsp3) is 0.828. The van der Waals surface area contributed by atoms with Gasteiger partial charge in [0.1, 0.15) is 0 Å². The zero-order chi connectivity index (χ0) is 24.3. The molecule has 4 aliphatic rings. The number of aromatic nitrogens is 2. The molecule has 188 valence electrons. The normalized spacial score (nSPS) is 38.7. The highest BCUT2D eigenvalue weighted by Gasteiger charge is 2.61. The van der Waals surface area contributed by atoms with Crippen LogP contribution in [0.3, 0.4) is 0 Å². The molecule has 5 rings (SSSR count). The van der Waals surface area contributed by atoms with E-state index < -0.39 is 0 Å². The minimum Gasteiger partial charge on any atom is -0.356 e. The summed E-state index contributed by atoms with van der Waals surface area (Å²) in [4.78, 5) is 13.4. The van der Waals surface area contributed by atoms with Crippen molar-refractivity contribution in [2.75, 3.05) is 6.54 Å². The van der Waals surface area contributed by atoms with E-state index in [9.17, 15) is 4.79 Å². The van der Waals surface area contributed by atoms with Gasteiger partial charge in [-0.25, -0.2) is 0 Å². The Bertz CT molecular complexity index is 966. The van der Waals surface area contributed by atoms with Gasteiger partial charge >= 0.3 is 0 Å². The zero-order valence-corrected chi connectivity index (χ0v) is 23.1. The Hall–Kier alpha value is -1.23. The second-order valence-corrected chi connectivity index (χ2v) is 13.9. The van der Waals surface area contributed by atoms with Gasteiger partial charge < -0.3 is 5.32 Å². The average Bonchev–Trinajstić information content (AvgIpc) is 3.38. The summed E-state index contributed by atoms with van der Waals surface area (Å²) < 4.78 is 4.37. The molecular formula is C29H45N3OS. The van der Waals surface area contributed by atoms with Gasteiger partial charge in [0.05, 0.1) is 10.6 Å². The molecule has 1 aromatic heterocycles. The molecule has 34 heavy (non-hydrogen) atoms. The number of allylic oxidation sites excluding steroid dienone is 2. The summed E-state index contributed by atoms with van der Waals surface area (Å²) in [6.07, 6.45) is 13.5. The van der Waals surface area contributed by atoms with E-state index in [1.807, 2.05) is 6.92 Å². The van der Waals surface area contributed by atoms with E-state index in [0.717, 1.165) is 43.1 Å². The maximum atomic E-state index is 11.9. The summed E-state index contributed by atoms with van der Waals surface area (Å²) >= 11 is 1.64. The van der Waals surface area contributed by atoms with Crippen molar-refractivity contribution in [2.45, 2.75) is 105 Å². The van der Waals surface area contributed by atoms with Gasteiger partial charge in [-0.15, -0.1) is 5.10 Å². The fourth-order valence-corrected chi connectivity index (χ4v) is 10.6. The minimum atomic E-state index is 0.0118. The summed E-state index contributed by atoms with van der Waals surface area (Å²) in [6, 6.07) is 0. The summed E-state index contributed by atoms with van der Waals surface area (Å²) in [5.74, 6) is 4.20. The smallest absolute Gasteiger partial charge is 0.219 e. The van der Waals surface area contributed by atoms with Crippen LogP contribution in [0.1, 0.15) is 103 Å². The van der Waals surface area contributed by atoms with Gasteiger partial charge in [0.25, 0.3) is 0 Å². The van der Waals surface area contributed by atoms with E-state index >= 15 is 0 Å². The van der Waals surface area contributed by atoms with E-state index in [0.29, 0.717) is 17.8 Å². The SMILES string of the molecule is CCNC(=O)CCC[C@@H](C)[C@H]1CC[C@H]2[C@@H]3CC=C4C(C)(C)c5nnsc5C[C@]4(C)[C@H]3CC[C@]12C. The van der Waals surface area contributed by atoms with Gasteiger partial charge in [0.15, 0.2) is 0 Å². The lowest BCUT2D eigenvalue weighted by Crippen LogP contribution is -2.53. The molecular weight excluding hydrogens is 438 g/mol. The molecule has 1 aromatic rings. The first-order valence-corrected chi connectivity index (χ1v) is 14.7. The molecule has 1 N–H and O–H groups in total. The molecule has 1 heterocycles. The first-order valence-electron chi connectivity index (χ1n) is 13.9. The van der Waals surface area contributed by atoms with Crippen molar-refractivity contribution in [1.82, 2.24) is 14.9 Å². The van der Waals surface area contributed by atoms with Crippen LogP contribution in [0.5, 0.6) is 0 Å². The van der Waals surface area contributed by atoms with Crippen molar-refractivity contribution in [1.29, 1.82) is 0 Å². The zero-order valence-electron chi connectivity index (χ0n) is 22.2. The molecule has 0 aromatic carbocycles. The molecule has 5 heteroatoms. The third kappa shape index (κ3) is 3.62. The minimum absolute atomic E-state index is 0.0118. The van der Waals surface area contributed by atoms with Gasteiger partial charge in [-0.05, 0) is 110 Å². The number of rotatable bonds is 6. The van der Waals surface area contributed by atoms with E-state index in [4.69, 9.17) is 0 Å². The predicted octanol–water partition coefficient (Wildman–Crippen LogP) is 6.71. The lowest BCUT2D eigenvalue weighted by atomic mass is 9.45. The third-order valence-corrected chi connectivity index (χ3v) is 11.7. The predicted molar refractivity (Wildman–Crippen MR) is 140 cm³/mol. The number of amides is 1. The number of hydrogen-bond donors (Lipinski definition) is 1. The molecule has 2 fully saturated rings. The topological polar surface area (TPSA) is 54.9 Å². The van der Waals surface area contributed by atoms with Crippen LogP contribution in [0.2, 0.25) is 0 Å². The van der Waals surface area contributed by atoms with E-state index in [1.54, 1.807) is 17.1 Å². The van der Waals surface area contributed by atoms with Crippen LogP contribution >= 0.6 is 11.5 Å². The highest BCUT2D eigenvalue weighted by Crippen LogP contribution is 2.68. The Morgan fingerprint density at radius 2 is 2.00 bits per heavy atom. The molecule has 7 atom stereocenters. The molecule has 0 spiro atoms. The molecule has 2 saturated carbocycles. The van der Waals surface area contributed by atoms with Crippen molar-refractivity contribution in [3.05, 3.63) is 22.2 Å². The highest BCUT2D eigenvalue weighted by molar-refractivity contribution is 7.05. The largest absolute Gasteiger partial charge is 0.356 e. The lowest BCUT2D eigenvalue weighted by Gasteiger charge is -2.60. The highest BCUT2D eigenvalue weighted by atomic mass is 32.1.